The van der Waals surface area contributed by atoms with Crippen molar-refractivity contribution in [3.8, 4) is 0 Å². The highest BCUT2D eigenvalue weighted by molar-refractivity contribution is 6.31. The third-order valence-electron chi connectivity index (χ3n) is 3.81. The first-order valence-corrected chi connectivity index (χ1v) is 7.16. The summed E-state index contributed by atoms with van der Waals surface area (Å²) < 4.78 is 0. The van der Waals surface area contributed by atoms with Crippen LogP contribution in [-0.4, -0.2) is 23.7 Å². The second kappa shape index (κ2) is 6.40. The summed E-state index contributed by atoms with van der Waals surface area (Å²) in [7, 11) is 0. The van der Waals surface area contributed by atoms with Crippen molar-refractivity contribution in [2.45, 2.75) is 38.7 Å². The van der Waals surface area contributed by atoms with Crippen LogP contribution in [0.15, 0.2) is 18.2 Å². The lowest BCUT2D eigenvalue weighted by Crippen LogP contribution is -2.32. The number of aryl methyl sites for hydroxylation is 1. The number of hydrogen-bond acceptors (Lipinski definition) is 2. The van der Waals surface area contributed by atoms with Crippen molar-refractivity contribution in [2.75, 3.05) is 6.54 Å². The zero-order valence-electron chi connectivity index (χ0n) is 11.2. The minimum absolute atomic E-state index is 0.0638. The summed E-state index contributed by atoms with van der Waals surface area (Å²) in [6.07, 6.45) is 3.50. The average Bonchev–Trinajstić information content (AvgIpc) is 2.40. The Morgan fingerprint density at radius 3 is 2.74 bits per heavy atom. The van der Waals surface area contributed by atoms with Crippen molar-refractivity contribution < 1.29 is 9.90 Å². The van der Waals surface area contributed by atoms with Gasteiger partial charge in [-0.05, 0) is 56.2 Å². The number of carbonyl (C=O) groups excluding carboxylic acids is 1. The van der Waals surface area contributed by atoms with Gasteiger partial charge in [0.25, 0.3) is 5.91 Å². The predicted molar refractivity (Wildman–Crippen MR) is 76.5 cm³/mol. The number of hydrogen-bond donors (Lipinski definition) is 2. The third-order valence-corrected chi connectivity index (χ3v) is 4.05. The van der Waals surface area contributed by atoms with Gasteiger partial charge in [-0.2, -0.15) is 0 Å². The molecular weight excluding hydrogens is 262 g/mol. The van der Waals surface area contributed by atoms with Gasteiger partial charge in [0.1, 0.15) is 0 Å². The molecule has 2 N–H and O–H groups in total. The molecule has 1 amide bonds. The summed E-state index contributed by atoms with van der Waals surface area (Å²) in [5, 5.41) is 13.0. The molecular formula is C15H20ClNO2. The molecule has 1 saturated carbocycles. The monoisotopic (exact) mass is 281 g/mol. The quantitative estimate of drug-likeness (QED) is 0.895. The zero-order chi connectivity index (χ0) is 13.8. The molecule has 0 radical (unpaired) electrons. The van der Waals surface area contributed by atoms with Crippen LogP contribution in [0.25, 0.3) is 0 Å². The minimum Gasteiger partial charge on any atom is -0.393 e. The Bertz CT molecular complexity index is 453. The molecule has 0 bridgehead atoms. The standard InChI is InChI=1S/C15H20ClNO2/c1-10-2-5-12(16)8-14(10)15(19)17-9-11-3-6-13(18)7-4-11/h2,5,8,11,13,18H,3-4,6-7,9H2,1H3,(H,17,19). The number of aliphatic hydroxyl groups excluding tert-OH is 1. The normalized spacial score (nSPS) is 23.1. The first-order valence-electron chi connectivity index (χ1n) is 6.78. The molecule has 0 heterocycles. The van der Waals surface area contributed by atoms with Crippen LogP contribution < -0.4 is 5.32 Å². The van der Waals surface area contributed by atoms with Crippen LogP contribution in [0.1, 0.15) is 41.6 Å². The van der Waals surface area contributed by atoms with E-state index in [1.165, 1.54) is 0 Å². The SMILES string of the molecule is Cc1ccc(Cl)cc1C(=O)NCC1CCC(O)CC1. The molecule has 104 valence electrons. The Kier molecular flexibility index (Phi) is 4.83. The number of benzene rings is 1. The molecule has 3 nitrogen and oxygen atoms in total. The first-order chi connectivity index (χ1) is 9.06. The molecule has 0 saturated heterocycles. The summed E-state index contributed by atoms with van der Waals surface area (Å²) in [6.45, 7) is 2.58. The molecule has 1 aromatic carbocycles. The van der Waals surface area contributed by atoms with Gasteiger partial charge in [0.2, 0.25) is 0 Å². The van der Waals surface area contributed by atoms with Crippen LogP contribution in [0.5, 0.6) is 0 Å². The van der Waals surface area contributed by atoms with E-state index in [1.807, 2.05) is 13.0 Å². The van der Waals surface area contributed by atoms with Crippen LogP contribution in [0.4, 0.5) is 0 Å². The van der Waals surface area contributed by atoms with Crippen LogP contribution in [-0.2, 0) is 0 Å². The van der Waals surface area contributed by atoms with Crippen molar-refractivity contribution in [3.05, 3.63) is 34.3 Å². The lowest BCUT2D eigenvalue weighted by atomic mass is 9.87. The van der Waals surface area contributed by atoms with Crippen molar-refractivity contribution >= 4 is 17.5 Å². The molecule has 1 fully saturated rings. The highest BCUT2D eigenvalue weighted by Gasteiger charge is 2.20. The maximum absolute atomic E-state index is 12.1. The molecule has 0 atom stereocenters. The van der Waals surface area contributed by atoms with Gasteiger partial charge in [0, 0.05) is 17.1 Å². The van der Waals surface area contributed by atoms with E-state index < -0.39 is 0 Å². The summed E-state index contributed by atoms with van der Waals surface area (Å²) in [6, 6.07) is 5.35. The van der Waals surface area contributed by atoms with Crippen molar-refractivity contribution in [1.29, 1.82) is 0 Å². The summed E-state index contributed by atoms with van der Waals surface area (Å²) in [4.78, 5) is 12.1. The van der Waals surface area contributed by atoms with E-state index in [-0.39, 0.29) is 12.0 Å². The Balaban J connectivity index is 1.89. The van der Waals surface area contributed by atoms with E-state index in [0.717, 1.165) is 31.2 Å². The second-order valence-corrected chi connectivity index (χ2v) is 5.78. The summed E-state index contributed by atoms with van der Waals surface area (Å²) >= 11 is 5.92. The van der Waals surface area contributed by atoms with E-state index in [0.29, 0.717) is 23.0 Å². The van der Waals surface area contributed by atoms with Crippen LogP contribution in [0.3, 0.4) is 0 Å². The van der Waals surface area contributed by atoms with Crippen molar-refractivity contribution in [3.63, 3.8) is 0 Å². The number of halogens is 1. The van der Waals surface area contributed by atoms with Gasteiger partial charge >= 0.3 is 0 Å². The molecule has 0 aromatic heterocycles. The Morgan fingerprint density at radius 2 is 2.05 bits per heavy atom. The molecule has 2 rings (SSSR count). The van der Waals surface area contributed by atoms with Crippen LogP contribution in [0.2, 0.25) is 5.02 Å². The molecule has 4 heteroatoms. The highest BCUT2D eigenvalue weighted by atomic mass is 35.5. The topological polar surface area (TPSA) is 49.3 Å². The van der Waals surface area contributed by atoms with E-state index in [9.17, 15) is 9.90 Å². The Hall–Kier alpha value is -1.06. The van der Waals surface area contributed by atoms with Gasteiger partial charge in [-0.1, -0.05) is 17.7 Å². The first kappa shape index (κ1) is 14.4. The molecule has 0 aliphatic heterocycles. The number of aliphatic hydroxyl groups is 1. The van der Waals surface area contributed by atoms with Gasteiger partial charge in [0.15, 0.2) is 0 Å². The molecule has 1 aliphatic carbocycles. The fourth-order valence-corrected chi connectivity index (χ4v) is 2.69. The van der Waals surface area contributed by atoms with E-state index in [4.69, 9.17) is 11.6 Å². The second-order valence-electron chi connectivity index (χ2n) is 5.34. The van der Waals surface area contributed by atoms with Crippen molar-refractivity contribution in [1.82, 2.24) is 5.32 Å². The third kappa shape index (κ3) is 3.95. The lowest BCUT2D eigenvalue weighted by molar-refractivity contribution is 0.0910. The smallest absolute Gasteiger partial charge is 0.251 e. The van der Waals surface area contributed by atoms with Gasteiger partial charge in [-0.15, -0.1) is 0 Å². The number of nitrogens with one attached hydrogen (secondary N) is 1. The van der Waals surface area contributed by atoms with E-state index >= 15 is 0 Å². The maximum Gasteiger partial charge on any atom is 0.251 e. The highest BCUT2D eigenvalue weighted by Crippen LogP contribution is 2.23. The fourth-order valence-electron chi connectivity index (χ4n) is 2.52. The van der Waals surface area contributed by atoms with Crippen LogP contribution >= 0.6 is 11.6 Å². The van der Waals surface area contributed by atoms with Gasteiger partial charge in [-0.3, -0.25) is 4.79 Å². The minimum atomic E-state index is -0.151. The van der Waals surface area contributed by atoms with Gasteiger partial charge in [0.05, 0.1) is 6.10 Å². The predicted octanol–water partition coefficient (Wildman–Crippen LogP) is 2.93. The number of rotatable bonds is 3. The van der Waals surface area contributed by atoms with E-state index in [2.05, 4.69) is 5.32 Å². The Labute approximate surface area is 119 Å². The lowest BCUT2D eigenvalue weighted by Gasteiger charge is -2.25. The van der Waals surface area contributed by atoms with Gasteiger partial charge < -0.3 is 10.4 Å². The molecule has 0 unspecified atom stereocenters. The molecule has 1 aromatic rings. The van der Waals surface area contributed by atoms with Crippen LogP contribution in [0, 0.1) is 12.8 Å². The number of carbonyl (C=O) groups is 1. The van der Waals surface area contributed by atoms with Gasteiger partial charge in [-0.25, -0.2) is 0 Å². The largest absolute Gasteiger partial charge is 0.393 e. The molecule has 0 spiro atoms. The molecule has 1 aliphatic rings. The average molecular weight is 282 g/mol. The molecule has 19 heavy (non-hydrogen) atoms. The zero-order valence-corrected chi connectivity index (χ0v) is 11.9. The number of amides is 1. The summed E-state index contributed by atoms with van der Waals surface area (Å²) in [5.74, 6) is 0.415. The Morgan fingerprint density at radius 1 is 1.37 bits per heavy atom. The fraction of sp³-hybridized carbons (Fsp3) is 0.533. The van der Waals surface area contributed by atoms with Crippen molar-refractivity contribution in [2.24, 2.45) is 5.92 Å². The maximum atomic E-state index is 12.1. The summed E-state index contributed by atoms with van der Waals surface area (Å²) in [5.41, 5.74) is 1.57. The van der Waals surface area contributed by atoms with E-state index in [1.54, 1.807) is 12.1 Å².